The molecule has 1 heterocycles. The number of hydrogen-bond acceptors (Lipinski definition) is 4. The number of methoxy groups -OCH3 is 1. The molecule has 0 unspecified atom stereocenters. The molecule has 0 radical (unpaired) electrons. The van der Waals surface area contributed by atoms with E-state index in [0.717, 1.165) is 30.2 Å². The van der Waals surface area contributed by atoms with Gasteiger partial charge in [-0.25, -0.2) is 4.79 Å². The van der Waals surface area contributed by atoms with Crippen LogP contribution in [0.4, 0.5) is 17.1 Å². The molecule has 5 nitrogen and oxygen atoms in total. The Morgan fingerprint density at radius 2 is 1.88 bits per heavy atom. The molecule has 0 fully saturated rings. The summed E-state index contributed by atoms with van der Waals surface area (Å²) in [5.74, 6) is -0.354. The standard InChI is InChI=1S/C18H19N3O2S/c1-20-10-11-21(18(24)19-14-6-4-3-5-7-14)16-12-13(17(22)23-2)8-9-15(16)20/h3-9,12H,10-11H2,1-2H3,(H,19,24). The molecule has 0 saturated carbocycles. The Morgan fingerprint density at radius 3 is 2.58 bits per heavy atom. The first kappa shape index (κ1) is 16.3. The van der Waals surface area contributed by atoms with Crippen LogP contribution in [0.1, 0.15) is 10.4 Å². The lowest BCUT2D eigenvalue weighted by Gasteiger charge is -2.37. The van der Waals surface area contributed by atoms with Crippen molar-refractivity contribution in [3.8, 4) is 0 Å². The van der Waals surface area contributed by atoms with Gasteiger partial charge in [-0.3, -0.25) is 0 Å². The Hall–Kier alpha value is -2.60. The van der Waals surface area contributed by atoms with Gasteiger partial charge in [0.25, 0.3) is 0 Å². The van der Waals surface area contributed by atoms with Crippen LogP contribution in [-0.2, 0) is 4.74 Å². The Bertz CT molecular complexity index is 764. The van der Waals surface area contributed by atoms with Gasteiger partial charge in [-0.05, 0) is 42.5 Å². The number of ether oxygens (including phenoxy) is 1. The van der Waals surface area contributed by atoms with Gasteiger partial charge < -0.3 is 19.9 Å². The molecule has 1 aliphatic heterocycles. The molecule has 2 aromatic carbocycles. The number of thiocarbonyl (C=S) groups is 1. The van der Waals surface area contributed by atoms with Crippen LogP contribution < -0.4 is 15.1 Å². The van der Waals surface area contributed by atoms with Gasteiger partial charge in [0, 0.05) is 25.8 Å². The van der Waals surface area contributed by atoms with Crippen molar-refractivity contribution < 1.29 is 9.53 Å². The topological polar surface area (TPSA) is 44.8 Å². The highest BCUT2D eigenvalue weighted by Crippen LogP contribution is 2.33. The molecular weight excluding hydrogens is 322 g/mol. The van der Waals surface area contributed by atoms with Gasteiger partial charge in [0.2, 0.25) is 0 Å². The van der Waals surface area contributed by atoms with Crippen LogP contribution in [0, 0.1) is 0 Å². The third-order valence-electron chi connectivity index (χ3n) is 4.03. The highest BCUT2D eigenvalue weighted by Gasteiger charge is 2.24. The van der Waals surface area contributed by atoms with Crippen LogP contribution in [0.25, 0.3) is 0 Å². The average molecular weight is 341 g/mol. The lowest BCUT2D eigenvalue weighted by molar-refractivity contribution is 0.0601. The van der Waals surface area contributed by atoms with Gasteiger partial charge >= 0.3 is 5.97 Å². The minimum atomic E-state index is -0.354. The number of fused-ring (bicyclic) bond motifs is 1. The number of para-hydroxylation sites is 1. The molecule has 3 rings (SSSR count). The van der Waals surface area contributed by atoms with Crippen molar-refractivity contribution in [2.24, 2.45) is 0 Å². The van der Waals surface area contributed by atoms with Gasteiger partial charge in [-0.15, -0.1) is 0 Å². The number of rotatable bonds is 2. The minimum Gasteiger partial charge on any atom is -0.465 e. The number of anilines is 3. The molecule has 2 aromatic rings. The van der Waals surface area contributed by atoms with Gasteiger partial charge in [0.15, 0.2) is 5.11 Å². The van der Waals surface area contributed by atoms with Crippen molar-refractivity contribution in [1.29, 1.82) is 0 Å². The molecule has 0 saturated heterocycles. The molecule has 0 aromatic heterocycles. The molecule has 24 heavy (non-hydrogen) atoms. The molecule has 6 heteroatoms. The summed E-state index contributed by atoms with van der Waals surface area (Å²) in [6.45, 7) is 1.59. The highest BCUT2D eigenvalue weighted by molar-refractivity contribution is 7.80. The summed E-state index contributed by atoms with van der Waals surface area (Å²) in [7, 11) is 3.41. The van der Waals surface area contributed by atoms with E-state index < -0.39 is 0 Å². The van der Waals surface area contributed by atoms with Crippen LogP contribution in [0.15, 0.2) is 48.5 Å². The molecule has 0 spiro atoms. The zero-order valence-corrected chi connectivity index (χ0v) is 14.5. The van der Waals surface area contributed by atoms with Gasteiger partial charge in [0.1, 0.15) is 0 Å². The van der Waals surface area contributed by atoms with Crippen molar-refractivity contribution >= 4 is 40.4 Å². The predicted octanol–water partition coefficient (Wildman–Crippen LogP) is 3.13. The summed E-state index contributed by atoms with van der Waals surface area (Å²) in [6.07, 6.45) is 0. The van der Waals surface area contributed by atoms with Crippen molar-refractivity contribution in [2.45, 2.75) is 0 Å². The van der Waals surface area contributed by atoms with E-state index in [4.69, 9.17) is 17.0 Å². The predicted molar refractivity (Wildman–Crippen MR) is 101 cm³/mol. The maximum absolute atomic E-state index is 11.8. The number of carbonyl (C=O) groups excluding carboxylic acids is 1. The summed E-state index contributed by atoms with van der Waals surface area (Å²) in [5.41, 5.74) is 3.39. The lowest BCUT2D eigenvalue weighted by Crippen LogP contribution is -2.44. The zero-order valence-electron chi connectivity index (χ0n) is 13.7. The van der Waals surface area contributed by atoms with E-state index in [9.17, 15) is 4.79 Å². The SMILES string of the molecule is COC(=O)c1ccc2c(c1)N(C(=S)Nc1ccccc1)CCN2C. The first-order chi connectivity index (χ1) is 11.6. The summed E-state index contributed by atoms with van der Waals surface area (Å²) in [4.78, 5) is 16.0. The Morgan fingerprint density at radius 1 is 1.12 bits per heavy atom. The van der Waals surface area contributed by atoms with E-state index in [0.29, 0.717) is 10.7 Å². The largest absolute Gasteiger partial charge is 0.465 e. The molecule has 0 amide bonds. The normalized spacial score (nSPS) is 13.2. The van der Waals surface area contributed by atoms with Crippen LogP contribution in [0.2, 0.25) is 0 Å². The quantitative estimate of drug-likeness (QED) is 0.669. The number of nitrogens with zero attached hydrogens (tertiary/aromatic N) is 2. The van der Waals surface area contributed by atoms with E-state index in [1.165, 1.54) is 7.11 Å². The Labute approximate surface area is 146 Å². The summed E-state index contributed by atoms with van der Waals surface area (Å²) in [5, 5.41) is 3.86. The third kappa shape index (κ3) is 3.19. The fraction of sp³-hybridized carbons (Fsp3) is 0.222. The molecule has 0 atom stereocenters. The second-order valence-corrected chi connectivity index (χ2v) is 5.95. The summed E-state index contributed by atoms with van der Waals surface area (Å²) < 4.78 is 4.83. The molecule has 1 N–H and O–H groups in total. The molecule has 0 bridgehead atoms. The number of hydrogen-bond donors (Lipinski definition) is 1. The van der Waals surface area contributed by atoms with Gasteiger partial charge in [-0.1, -0.05) is 18.2 Å². The molecule has 124 valence electrons. The molecule has 0 aliphatic carbocycles. The first-order valence-electron chi connectivity index (χ1n) is 7.67. The average Bonchev–Trinajstić information content (AvgIpc) is 2.61. The number of esters is 1. The second kappa shape index (κ2) is 6.88. The highest BCUT2D eigenvalue weighted by atomic mass is 32.1. The summed E-state index contributed by atoms with van der Waals surface area (Å²) in [6, 6.07) is 15.3. The fourth-order valence-corrected chi connectivity index (χ4v) is 3.03. The third-order valence-corrected chi connectivity index (χ3v) is 4.35. The van der Waals surface area contributed by atoms with Crippen molar-refractivity contribution in [3.63, 3.8) is 0 Å². The molecular formula is C18H19N3O2S. The smallest absolute Gasteiger partial charge is 0.337 e. The summed E-state index contributed by atoms with van der Waals surface area (Å²) >= 11 is 5.59. The van der Waals surface area contributed by atoms with Crippen LogP contribution in [-0.4, -0.2) is 38.3 Å². The minimum absolute atomic E-state index is 0.354. The Balaban J connectivity index is 1.92. The number of nitrogens with one attached hydrogen (secondary N) is 1. The van der Waals surface area contributed by atoms with Gasteiger partial charge in [0.05, 0.1) is 24.0 Å². The Kier molecular flexibility index (Phi) is 4.66. The first-order valence-corrected chi connectivity index (χ1v) is 8.08. The number of benzene rings is 2. The number of likely N-dealkylation sites (N-methyl/N-ethyl adjacent to an activating group) is 1. The van der Waals surface area contributed by atoms with Crippen LogP contribution in [0.3, 0.4) is 0 Å². The second-order valence-electron chi connectivity index (χ2n) is 5.56. The van der Waals surface area contributed by atoms with E-state index in [2.05, 4.69) is 10.2 Å². The maximum atomic E-state index is 11.8. The van der Waals surface area contributed by atoms with Crippen molar-refractivity contribution in [3.05, 3.63) is 54.1 Å². The van der Waals surface area contributed by atoms with E-state index in [1.54, 1.807) is 6.07 Å². The van der Waals surface area contributed by atoms with Crippen LogP contribution in [0.5, 0.6) is 0 Å². The number of carbonyl (C=O) groups is 1. The van der Waals surface area contributed by atoms with E-state index in [-0.39, 0.29) is 5.97 Å². The van der Waals surface area contributed by atoms with Crippen molar-refractivity contribution in [2.75, 3.05) is 42.4 Å². The van der Waals surface area contributed by atoms with E-state index in [1.807, 2.05) is 54.4 Å². The maximum Gasteiger partial charge on any atom is 0.337 e. The van der Waals surface area contributed by atoms with E-state index >= 15 is 0 Å². The monoisotopic (exact) mass is 341 g/mol. The fourth-order valence-electron chi connectivity index (χ4n) is 2.72. The lowest BCUT2D eigenvalue weighted by atomic mass is 10.1. The zero-order chi connectivity index (χ0) is 17.1. The van der Waals surface area contributed by atoms with Gasteiger partial charge in [-0.2, -0.15) is 0 Å². The van der Waals surface area contributed by atoms with Crippen molar-refractivity contribution in [1.82, 2.24) is 0 Å². The molecule has 1 aliphatic rings. The van der Waals surface area contributed by atoms with Crippen LogP contribution >= 0.6 is 12.2 Å².